The second-order valence-electron chi connectivity index (χ2n) is 33.9. The van der Waals surface area contributed by atoms with Crippen LogP contribution in [0.25, 0.3) is 0 Å². The van der Waals surface area contributed by atoms with E-state index in [1.165, 1.54) is 52.0 Å². The van der Waals surface area contributed by atoms with Gasteiger partial charge in [0.25, 0.3) is 0 Å². The van der Waals surface area contributed by atoms with Gasteiger partial charge in [-0.25, -0.2) is 9.78 Å². The first-order valence-corrected chi connectivity index (χ1v) is 44.3. The fraction of sp³-hybridized carbons (Fsp3) is 0.707. The molecule has 50 nitrogen and oxygen atoms in total. The number of aliphatic imine (C=N–C) groups is 2. The van der Waals surface area contributed by atoms with Crippen LogP contribution in [0.4, 0.5) is 0 Å². The molecular formula is C82H142N26O24. The molecule has 1 aliphatic rings. The molecule has 0 bridgehead atoms. The highest BCUT2D eigenvalue weighted by Gasteiger charge is 2.44. The van der Waals surface area contributed by atoms with Crippen LogP contribution in [-0.2, 0) is 97.5 Å². The molecule has 132 heavy (non-hydrogen) atoms. The van der Waals surface area contributed by atoms with Crippen molar-refractivity contribution < 1.29 is 117 Å². The number of carboxylic acid groups (broad SMARTS) is 3. The van der Waals surface area contributed by atoms with Crippen LogP contribution in [0.15, 0.2) is 22.5 Å². The van der Waals surface area contributed by atoms with E-state index in [1.807, 2.05) is 13.8 Å². The number of aliphatic hydroxyl groups is 2. The predicted molar refractivity (Wildman–Crippen MR) is 477 cm³/mol. The van der Waals surface area contributed by atoms with Crippen molar-refractivity contribution in [2.75, 3.05) is 39.3 Å². The van der Waals surface area contributed by atoms with E-state index >= 15 is 0 Å². The van der Waals surface area contributed by atoms with Gasteiger partial charge in [0.05, 0.1) is 31.6 Å². The van der Waals surface area contributed by atoms with Gasteiger partial charge in [-0.3, -0.25) is 96.3 Å². The third kappa shape index (κ3) is 41.3. The molecule has 1 saturated heterocycles. The Labute approximate surface area is 766 Å². The Morgan fingerprint density at radius 2 is 0.894 bits per heavy atom. The highest BCUT2D eigenvalue weighted by atomic mass is 16.4. The maximum Gasteiger partial charge on any atom is 0.326 e. The van der Waals surface area contributed by atoms with Crippen LogP contribution in [0.1, 0.15) is 198 Å². The minimum Gasteiger partial charge on any atom is -0.481 e. The fourth-order valence-corrected chi connectivity index (χ4v) is 13.6. The zero-order valence-electron chi connectivity index (χ0n) is 77.4. The number of aromatic amines is 1. The SMILES string of the molecule is CC[C@H](C)[C@H](NC(=O)[C@H](CO)NC(=O)[C@H](CCCN=C(N)N)NC(=O)CNC(=O)[C@H](C)NC(=O)[C@H](CCC(=O)O)NC(=O)[C@H](CCCCN)NC(=O)[C@@H](NC(=O)[C@@H](NC(=O)[C@H](C)NC(=O)[C@@H](NC(=O)[C@@H](N)CC(C)C)C(C)C)[C@@H](C)O)C(C)C)C(=O)N[C@@H](Cc1cnc[nH]1)C(=O)N[C@@H](CCC(=O)O)C(=O)N[C@H](C(=O)N1CCC[C@H]1C(=O)N[C@@H](CCCN=C(N)N)C(=O)O)[C@@H](C)CC. The van der Waals surface area contributed by atoms with Gasteiger partial charge in [0.2, 0.25) is 94.5 Å². The second-order valence-corrected chi connectivity index (χ2v) is 33.9. The van der Waals surface area contributed by atoms with E-state index in [0.29, 0.717) is 19.3 Å². The molecule has 0 aromatic carbocycles. The smallest absolute Gasteiger partial charge is 0.326 e. The van der Waals surface area contributed by atoms with E-state index < -0.39 is 278 Å². The number of nitrogens with one attached hydrogen (secondary N) is 16. The number of amides is 16. The van der Waals surface area contributed by atoms with Crippen molar-refractivity contribution in [2.45, 2.75) is 302 Å². The molecule has 50 heteroatoms. The van der Waals surface area contributed by atoms with Gasteiger partial charge in [-0.2, -0.15) is 0 Å². The van der Waals surface area contributed by atoms with Crippen molar-refractivity contribution in [3.8, 4) is 0 Å². The number of hydrogen-bond donors (Lipinski definition) is 27. The number of nitrogens with two attached hydrogens (primary N) is 6. The third-order valence-corrected chi connectivity index (χ3v) is 21.7. The first-order valence-electron chi connectivity index (χ1n) is 44.3. The highest BCUT2D eigenvalue weighted by molar-refractivity contribution is 6.01. The molecular weight excluding hydrogens is 1730 g/mol. The predicted octanol–water partition coefficient (Wildman–Crippen LogP) is -7.91. The minimum absolute atomic E-state index is 0.0235. The van der Waals surface area contributed by atoms with Crippen molar-refractivity contribution in [1.29, 1.82) is 0 Å². The average molecular weight is 1880 g/mol. The minimum atomic E-state index is -1.89. The summed E-state index contributed by atoms with van der Waals surface area (Å²) in [6.07, 6.45) is -0.705. The third-order valence-electron chi connectivity index (χ3n) is 21.7. The monoisotopic (exact) mass is 1880 g/mol. The van der Waals surface area contributed by atoms with Crippen LogP contribution >= 0.6 is 0 Å². The van der Waals surface area contributed by atoms with Crippen molar-refractivity contribution in [3.05, 3.63) is 18.2 Å². The fourth-order valence-electron chi connectivity index (χ4n) is 13.6. The van der Waals surface area contributed by atoms with E-state index in [0.717, 1.165) is 6.92 Å². The van der Waals surface area contributed by atoms with Gasteiger partial charge in [0.1, 0.15) is 90.6 Å². The number of unbranched alkanes of at least 4 members (excludes halogenated alkanes) is 1. The van der Waals surface area contributed by atoms with E-state index in [4.69, 9.17) is 34.4 Å². The molecule has 33 N–H and O–H groups in total. The van der Waals surface area contributed by atoms with Crippen molar-refractivity contribution in [1.82, 2.24) is 94.6 Å². The number of carbonyl (C=O) groups is 19. The number of likely N-dealkylation sites (tertiary alicyclic amines) is 1. The number of aromatic nitrogens is 2. The molecule has 2 rings (SSSR count). The molecule has 1 aromatic heterocycles. The Bertz CT molecular complexity index is 4090. The number of guanidine groups is 2. The van der Waals surface area contributed by atoms with Crippen molar-refractivity contribution in [3.63, 3.8) is 0 Å². The molecule has 744 valence electrons. The van der Waals surface area contributed by atoms with E-state index in [2.05, 4.69) is 99.7 Å². The molecule has 2 heterocycles. The molecule has 1 aliphatic heterocycles. The standard InChI is InChI=1S/C82H142N26O24/c1-14-42(9)62(77(128)101-54(34-47-35-89-38-93-47)72(123)98-52(26-28-59(114)115)71(122)106-63(43(10)15-2)79(130)108-32-20-24-56(108)74(125)100-53(80(131)132)23-19-31-91-82(87)88)105-73(124)55(37-109)102-69(120)49(22-18-30-90-81(85)86)96-57(111)36-92-65(116)44(11)94-68(119)51(25-27-58(112)113)97-70(121)50(21-16-17-29-83)99-76(127)61(41(7)8)104-78(129)64(46(13)110)107-66(117)45(12)95-75(126)60(40(5)6)103-67(118)48(84)33-39(3)4/h35,38-46,48-56,60-64,109-110H,14-34,36-37,83-84H2,1-13H3,(H,89,93)(H,92,116)(H,94,119)(H,95,126)(H,96,111)(H,97,121)(H,98,123)(H,99,127)(H,100,125)(H,101,128)(H,102,120)(H,103,118)(H,104,129)(H,105,124)(H,106,122)(H,107,117)(H,112,113)(H,114,115)(H,131,132)(H4,85,86,90)(H4,87,88,91)/t42-,43-,44-,45-,46+,48-,49-,50-,51-,52-,53-,54-,55-,56-,60-,61-,62-,63-,64-/m0/s1. The van der Waals surface area contributed by atoms with E-state index in [9.17, 15) is 117 Å². The molecule has 1 fully saturated rings. The zero-order valence-corrected chi connectivity index (χ0v) is 77.4. The maximum absolute atomic E-state index is 14.6. The van der Waals surface area contributed by atoms with Crippen LogP contribution in [-0.4, -0.2) is 307 Å². The molecule has 0 spiro atoms. The zero-order chi connectivity index (χ0) is 100. The number of aliphatic carboxylic acids is 3. The van der Waals surface area contributed by atoms with Gasteiger partial charge in [-0.15, -0.1) is 0 Å². The van der Waals surface area contributed by atoms with E-state index in [-0.39, 0.29) is 114 Å². The molecule has 19 atom stereocenters. The number of nitrogens with zero attached hydrogens (tertiary/aromatic N) is 4. The lowest BCUT2D eigenvalue weighted by Gasteiger charge is -2.33. The maximum atomic E-state index is 14.6. The molecule has 16 amide bonds. The van der Waals surface area contributed by atoms with Gasteiger partial charge < -0.3 is 150 Å². The summed E-state index contributed by atoms with van der Waals surface area (Å²) < 4.78 is 0. The summed E-state index contributed by atoms with van der Waals surface area (Å²) in [7, 11) is 0. The Morgan fingerprint density at radius 1 is 0.477 bits per heavy atom. The van der Waals surface area contributed by atoms with Gasteiger partial charge in [-0.05, 0) is 134 Å². The molecule has 1 aromatic rings. The van der Waals surface area contributed by atoms with Crippen LogP contribution in [0.2, 0.25) is 0 Å². The number of carboxylic acids is 3. The molecule has 0 radical (unpaired) electrons. The van der Waals surface area contributed by atoms with Gasteiger partial charge in [0.15, 0.2) is 11.9 Å². The lowest BCUT2D eigenvalue weighted by atomic mass is 9.96. The molecule has 0 unspecified atom stereocenters. The first-order chi connectivity index (χ1) is 61.9. The average Bonchev–Trinajstić information content (AvgIpc) is 1.63. The summed E-state index contributed by atoms with van der Waals surface area (Å²) in [5, 5.41) is 87.8. The lowest BCUT2D eigenvalue weighted by Crippen LogP contribution is -2.62. The van der Waals surface area contributed by atoms with Gasteiger partial charge in [0, 0.05) is 50.8 Å². The van der Waals surface area contributed by atoms with Crippen LogP contribution in [0, 0.1) is 29.6 Å². The molecule has 0 saturated carbocycles. The topological polar surface area (TPSA) is 819 Å². The summed E-state index contributed by atoms with van der Waals surface area (Å²) in [4.78, 5) is 276. The normalized spacial score (nSPS) is 16.5. The Kier molecular flexibility index (Phi) is 51.7. The number of carbonyl (C=O) groups excluding carboxylic acids is 16. The number of aliphatic hydroxyl groups excluding tert-OH is 2. The summed E-state index contributed by atoms with van der Waals surface area (Å²) >= 11 is 0. The Hall–Kier alpha value is -12.5. The Morgan fingerprint density at radius 3 is 1.39 bits per heavy atom. The van der Waals surface area contributed by atoms with Crippen molar-refractivity contribution >= 4 is 124 Å². The lowest BCUT2D eigenvalue weighted by molar-refractivity contribution is -0.146. The van der Waals surface area contributed by atoms with Crippen LogP contribution in [0.5, 0.6) is 0 Å². The quantitative estimate of drug-likeness (QED) is 0.0164. The number of rotatable bonds is 62. The number of H-pyrrole nitrogens is 1. The van der Waals surface area contributed by atoms with E-state index in [1.54, 1.807) is 34.6 Å². The summed E-state index contributed by atoms with van der Waals surface area (Å²) in [6.45, 7) is 18.2. The van der Waals surface area contributed by atoms with Gasteiger partial charge in [-0.1, -0.05) is 82.1 Å². The van der Waals surface area contributed by atoms with Crippen LogP contribution in [0.3, 0.4) is 0 Å². The first kappa shape index (κ1) is 116. The molecule has 0 aliphatic carbocycles. The summed E-state index contributed by atoms with van der Waals surface area (Å²) in [6, 6.07) is -23.9. The number of imidazole rings is 1. The Balaban J connectivity index is 2.39. The van der Waals surface area contributed by atoms with Crippen molar-refractivity contribution in [2.24, 2.45) is 74.0 Å². The largest absolute Gasteiger partial charge is 0.481 e. The summed E-state index contributed by atoms with van der Waals surface area (Å²) in [5.41, 5.74) is 33.8. The van der Waals surface area contributed by atoms with Crippen LogP contribution < -0.4 is 114 Å². The highest BCUT2D eigenvalue weighted by Crippen LogP contribution is 2.24. The number of hydrogen-bond acceptors (Lipinski definition) is 26. The second kappa shape index (κ2) is 59.0. The van der Waals surface area contributed by atoms with Gasteiger partial charge >= 0.3 is 17.9 Å². The summed E-state index contributed by atoms with van der Waals surface area (Å²) in [5.74, 6) is -23.0.